The molecule has 0 bridgehead atoms. The van der Waals surface area contributed by atoms with Crippen molar-refractivity contribution in [1.82, 2.24) is 15.1 Å². The molecule has 7 nitrogen and oxygen atoms in total. The topological polar surface area (TPSA) is 66.4 Å². The van der Waals surface area contributed by atoms with Crippen molar-refractivity contribution in [2.24, 2.45) is 10.9 Å². The maximum absolute atomic E-state index is 11.9. The van der Waals surface area contributed by atoms with Gasteiger partial charge in [-0.25, -0.2) is 4.99 Å². The third-order valence-electron chi connectivity index (χ3n) is 4.61. The number of guanidine groups is 1. The highest BCUT2D eigenvalue weighted by atomic mass is 16.5. The number of rotatable bonds is 6. The Morgan fingerprint density at radius 1 is 1.17 bits per heavy atom. The van der Waals surface area contributed by atoms with Gasteiger partial charge in [0.2, 0.25) is 5.91 Å². The van der Waals surface area contributed by atoms with Crippen molar-refractivity contribution in [2.75, 3.05) is 60.6 Å². The minimum atomic E-state index is 0.00545. The molecule has 1 unspecified atom stereocenters. The zero-order chi connectivity index (χ0) is 17.4. The first kappa shape index (κ1) is 19.0. The third kappa shape index (κ3) is 6.28. The minimum absolute atomic E-state index is 0.00545. The van der Waals surface area contributed by atoms with Gasteiger partial charge in [-0.15, -0.1) is 0 Å². The normalized spacial score (nSPS) is 22.5. The fraction of sp³-hybridized carbons (Fsp3) is 0.882. The minimum Gasteiger partial charge on any atom is -0.381 e. The standard InChI is InChI=1S/C17H32N4O3/c1-20(2)16(22)12-19-17(18-11-15-5-4-8-24-15)21(3)13-14-6-9-23-10-7-14/h14-15H,4-13H2,1-3H3,(H,18,19). The van der Waals surface area contributed by atoms with E-state index in [1.54, 1.807) is 19.0 Å². The van der Waals surface area contributed by atoms with Crippen LogP contribution in [0.25, 0.3) is 0 Å². The third-order valence-corrected chi connectivity index (χ3v) is 4.61. The number of ether oxygens (including phenoxy) is 2. The van der Waals surface area contributed by atoms with Crippen molar-refractivity contribution >= 4 is 11.9 Å². The molecule has 0 radical (unpaired) electrons. The van der Waals surface area contributed by atoms with Gasteiger partial charge < -0.3 is 24.6 Å². The Morgan fingerprint density at radius 3 is 2.54 bits per heavy atom. The van der Waals surface area contributed by atoms with Crippen molar-refractivity contribution in [2.45, 2.75) is 31.8 Å². The van der Waals surface area contributed by atoms with Crippen molar-refractivity contribution in [3.05, 3.63) is 0 Å². The molecule has 138 valence electrons. The van der Waals surface area contributed by atoms with Crippen LogP contribution in [0.1, 0.15) is 25.7 Å². The van der Waals surface area contributed by atoms with Crippen LogP contribution in [0.5, 0.6) is 0 Å². The molecule has 2 rings (SSSR count). The Bertz CT molecular complexity index is 416. The van der Waals surface area contributed by atoms with Crippen LogP contribution in [0, 0.1) is 5.92 Å². The van der Waals surface area contributed by atoms with Crippen LogP contribution in [0.4, 0.5) is 0 Å². The molecule has 1 N–H and O–H groups in total. The second-order valence-electron chi connectivity index (χ2n) is 6.88. The molecule has 2 fully saturated rings. The molecule has 24 heavy (non-hydrogen) atoms. The van der Waals surface area contributed by atoms with Gasteiger partial charge in [-0.3, -0.25) is 4.79 Å². The van der Waals surface area contributed by atoms with E-state index in [9.17, 15) is 4.79 Å². The zero-order valence-corrected chi connectivity index (χ0v) is 15.3. The van der Waals surface area contributed by atoms with Gasteiger partial charge in [0.1, 0.15) is 6.54 Å². The maximum atomic E-state index is 11.9. The van der Waals surface area contributed by atoms with Gasteiger partial charge in [0.25, 0.3) is 0 Å². The molecule has 0 aromatic carbocycles. The summed E-state index contributed by atoms with van der Waals surface area (Å²) in [6, 6.07) is 0. The van der Waals surface area contributed by atoms with Gasteiger partial charge in [0.05, 0.1) is 6.10 Å². The van der Waals surface area contributed by atoms with Crippen molar-refractivity contribution < 1.29 is 14.3 Å². The summed E-state index contributed by atoms with van der Waals surface area (Å²) >= 11 is 0. The van der Waals surface area contributed by atoms with Crippen molar-refractivity contribution in [3.8, 4) is 0 Å². The second-order valence-corrected chi connectivity index (χ2v) is 6.88. The number of amides is 1. The van der Waals surface area contributed by atoms with E-state index >= 15 is 0 Å². The Labute approximate surface area is 145 Å². The monoisotopic (exact) mass is 340 g/mol. The van der Waals surface area contributed by atoms with Crippen molar-refractivity contribution in [1.29, 1.82) is 0 Å². The van der Waals surface area contributed by atoms with E-state index in [0.29, 0.717) is 5.92 Å². The van der Waals surface area contributed by atoms with Crippen LogP contribution in [-0.2, 0) is 14.3 Å². The summed E-state index contributed by atoms with van der Waals surface area (Å²) in [5.74, 6) is 1.40. The summed E-state index contributed by atoms with van der Waals surface area (Å²) in [6.45, 7) is 4.36. The second kappa shape index (κ2) is 9.84. The van der Waals surface area contributed by atoms with E-state index in [4.69, 9.17) is 9.47 Å². The molecule has 2 aliphatic rings. The van der Waals surface area contributed by atoms with E-state index in [1.165, 1.54) is 0 Å². The molecule has 1 amide bonds. The fourth-order valence-electron chi connectivity index (χ4n) is 3.01. The number of hydrogen-bond acceptors (Lipinski definition) is 4. The molecule has 2 heterocycles. The molecule has 2 saturated heterocycles. The summed E-state index contributed by atoms with van der Waals surface area (Å²) < 4.78 is 11.1. The fourth-order valence-corrected chi connectivity index (χ4v) is 3.01. The number of hydrogen-bond donors (Lipinski definition) is 1. The average Bonchev–Trinajstić information content (AvgIpc) is 3.08. The Hall–Kier alpha value is -1.34. The van der Waals surface area contributed by atoms with E-state index in [1.807, 2.05) is 7.05 Å². The Balaban J connectivity index is 1.90. The molecule has 0 saturated carbocycles. The van der Waals surface area contributed by atoms with Gasteiger partial charge in [-0.1, -0.05) is 0 Å². The quantitative estimate of drug-likeness (QED) is 0.565. The lowest BCUT2D eigenvalue weighted by atomic mass is 10.00. The summed E-state index contributed by atoms with van der Waals surface area (Å²) in [5, 5.41) is 3.39. The lowest BCUT2D eigenvalue weighted by molar-refractivity contribution is -0.127. The maximum Gasteiger partial charge on any atom is 0.243 e. The molecule has 0 aromatic heterocycles. The van der Waals surface area contributed by atoms with Crippen LogP contribution in [-0.4, -0.2) is 88.4 Å². The van der Waals surface area contributed by atoms with Crippen molar-refractivity contribution in [3.63, 3.8) is 0 Å². The summed E-state index contributed by atoms with van der Waals surface area (Å²) in [7, 11) is 5.54. The van der Waals surface area contributed by atoms with E-state index < -0.39 is 0 Å². The zero-order valence-electron chi connectivity index (χ0n) is 15.3. The molecule has 1 atom stereocenters. The molecular formula is C17H32N4O3. The first-order valence-corrected chi connectivity index (χ1v) is 8.95. The Kier molecular flexibility index (Phi) is 7.78. The largest absolute Gasteiger partial charge is 0.381 e. The number of carbonyl (C=O) groups is 1. The van der Waals surface area contributed by atoms with Crippen LogP contribution in [0.2, 0.25) is 0 Å². The SMILES string of the molecule is CN(C)C(=O)CN=C(NCC1CCCO1)N(C)CC1CCOCC1. The Morgan fingerprint density at radius 2 is 1.92 bits per heavy atom. The van der Waals surface area contributed by atoms with Crippen LogP contribution in [0.15, 0.2) is 4.99 Å². The summed E-state index contributed by atoms with van der Waals surface area (Å²) in [4.78, 5) is 20.1. The number of aliphatic imine (C=N–C) groups is 1. The van der Waals surface area contributed by atoms with E-state index in [-0.39, 0.29) is 18.6 Å². The average molecular weight is 340 g/mol. The van der Waals surface area contributed by atoms with Gasteiger partial charge in [0, 0.05) is 54.1 Å². The van der Waals surface area contributed by atoms with Crippen LogP contribution >= 0.6 is 0 Å². The van der Waals surface area contributed by atoms with Crippen LogP contribution in [0.3, 0.4) is 0 Å². The first-order chi connectivity index (χ1) is 11.6. The van der Waals surface area contributed by atoms with Gasteiger partial charge in [0.15, 0.2) is 5.96 Å². The molecule has 0 aliphatic carbocycles. The van der Waals surface area contributed by atoms with Crippen LogP contribution < -0.4 is 5.32 Å². The smallest absolute Gasteiger partial charge is 0.243 e. The number of carbonyl (C=O) groups excluding carboxylic acids is 1. The summed E-state index contributed by atoms with van der Waals surface area (Å²) in [5.41, 5.74) is 0. The van der Waals surface area contributed by atoms with Gasteiger partial charge in [-0.2, -0.15) is 0 Å². The predicted octanol–water partition coefficient (Wildman–Crippen LogP) is 0.558. The van der Waals surface area contributed by atoms with E-state index in [2.05, 4.69) is 15.2 Å². The molecule has 0 aromatic rings. The highest BCUT2D eigenvalue weighted by Gasteiger charge is 2.20. The predicted molar refractivity (Wildman–Crippen MR) is 94.1 cm³/mol. The highest BCUT2D eigenvalue weighted by Crippen LogP contribution is 2.16. The van der Waals surface area contributed by atoms with Gasteiger partial charge in [-0.05, 0) is 31.6 Å². The molecule has 2 aliphatic heterocycles. The number of likely N-dealkylation sites (N-methyl/N-ethyl adjacent to an activating group) is 1. The highest BCUT2D eigenvalue weighted by molar-refractivity contribution is 5.84. The van der Waals surface area contributed by atoms with E-state index in [0.717, 1.165) is 64.6 Å². The molecule has 7 heteroatoms. The first-order valence-electron chi connectivity index (χ1n) is 8.95. The molecular weight excluding hydrogens is 308 g/mol. The molecule has 0 spiro atoms. The lowest BCUT2D eigenvalue weighted by Gasteiger charge is -2.30. The van der Waals surface area contributed by atoms with Gasteiger partial charge >= 0.3 is 0 Å². The number of nitrogens with zero attached hydrogens (tertiary/aromatic N) is 3. The lowest BCUT2D eigenvalue weighted by Crippen LogP contribution is -2.45. The number of nitrogens with one attached hydrogen (secondary N) is 1. The summed E-state index contributed by atoms with van der Waals surface area (Å²) in [6.07, 6.45) is 4.62.